The average Bonchev–Trinajstić information content (AvgIpc) is 2.72. The van der Waals surface area contributed by atoms with Gasteiger partial charge in [0.25, 0.3) is 5.91 Å². The molecule has 0 radical (unpaired) electrons. The predicted octanol–water partition coefficient (Wildman–Crippen LogP) is 3.27. The first-order valence-electron chi connectivity index (χ1n) is 8.80. The summed E-state index contributed by atoms with van der Waals surface area (Å²) >= 11 is 6.22. The number of halogens is 1. The number of carbonyl (C=O) groups excluding carboxylic acids is 2. The summed E-state index contributed by atoms with van der Waals surface area (Å²) in [4.78, 5) is 23.8. The molecule has 1 heterocycles. The van der Waals surface area contributed by atoms with Crippen LogP contribution >= 0.6 is 11.6 Å². The standard InChI is InChI=1S/C20H21ClN2O6/c1-26-15-6-4-11(19(27-2)20(15)28-3)5-7-17(24)22-13-9-16-14(8-12(13)21)23-18(25)10-29-16/h4,6,8-9H,5,7,10H2,1-3H3,(H,22,24)(H,23,25). The Hall–Kier alpha value is -3.13. The number of benzene rings is 2. The fourth-order valence-corrected chi connectivity index (χ4v) is 3.23. The monoisotopic (exact) mass is 420 g/mol. The Bertz CT molecular complexity index is 947. The van der Waals surface area contributed by atoms with Gasteiger partial charge in [0, 0.05) is 12.5 Å². The molecule has 3 rings (SSSR count). The number of anilines is 2. The Morgan fingerprint density at radius 1 is 1.17 bits per heavy atom. The first kappa shape index (κ1) is 20.6. The first-order chi connectivity index (χ1) is 14.0. The highest BCUT2D eigenvalue weighted by molar-refractivity contribution is 6.34. The number of ether oxygens (including phenoxy) is 4. The van der Waals surface area contributed by atoms with Gasteiger partial charge in [-0.3, -0.25) is 9.59 Å². The van der Waals surface area contributed by atoms with Crippen molar-refractivity contribution in [2.24, 2.45) is 0 Å². The van der Waals surface area contributed by atoms with Crippen molar-refractivity contribution in [2.45, 2.75) is 12.8 Å². The lowest BCUT2D eigenvalue weighted by Gasteiger charge is -2.19. The average molecular weight is 421 g/mol. The summed E-state index contributed by atoms with van der Waals surface area (Å²) in [6.45, 7) is -0.0822. The summed E-state index contributed by atoms with van der Waals surface area (Å²) in [6.07, 6.45) is 0.612. The number of amides is 2. The summed E-state index contributed by atoms with van der Waals surface area (Å²) in [5.74, 6) is 1.51. The highest BCUT2D eigenvalue weighted by atomic mass is 35.5. The molecule has 0 atom stereocenters. The van der Waals surface area contributed by atoms with Crippen LogP contribution in [0.15, 0.2) is 24.3 Å². The summed E-state index contributed by atoms with van der Waals surface area (Å²) in [5.41, 5.74) is 1.69. The van der Waals surface area contributed by atoms with Crippen LogP contribution < -0.4 is 29.6 Å². The highest BCUT2D eigenvalue weighted by Crippen LogP contribution is 2.40. The van der Waals surface area contributed by atoms with Crippen LogP contribution in [0.2, 0.25) is 5.02 Å². The Balaban J connectivity index is 1.70. The maximum atomic E-state index is 12.5. The molecule has 8 nitrogen and oxygen atoms in total. The van der Waals surface area contributed by atoms with Gasteiger partial charge in [0.15, 0.2) is 18.1 Å². The number of hydrogen-bond donors (Lipinski definition) is 2. The lowest BCUT2D eigenvalue weighted by molar-refractivity contribution is -0.118. The quantitative estimate of drug-likeness (QED) is 0.713. The molecule has 154 valence electrons. The fourth-order valence-electron chi connectivity index (χ4n) is 3.02. The molecule has 29 heavy (non-hydrogen) atoms. The van der Waals surface area contributed by atoms with E-state index >= 15 is 0 Å². The zero-order chi connectivity index (χ0) is 21.0. The van der Waals surface area contributed by atoms with Gasteiger partial charge in [-0.25, -0.2) is 0 Å². The lowest BCUT2D eigenvalue weighted by Crippen LogP contribution is -2.25. The van der Waals surface area contributed by atoms with Crippen molar-refractivity contribution < 1.29 is 28.5 Å². The SMILES string of the molecule is COc1ccc(CCC(=O)Nc2cc3c(cc2Cl)NC(=O)CO3)c(OC)c1OC. The van der Waals surface area contributed by atoms with Crippen molar-refractivity contribution in [2.75, 3.05) is 38.6 Å². The molecule has 0 saturated carbocycles. The van der Waals surface area contributed by atoms with E-state index in [0.29, 0.717) is 45.8 Å². The molecule has 0 bridgehead atoms. The molecule has 0 spiro atoms. The predicted molar refractivity (Wildman–Crippen MR) is 109 cm³/mol. The maximum Gasteiger partial charge on any atom is 0.262 e. The first-order valence-corrected chi connectivity index (χ1v) is 9.18. The van der Waals surface area contributed by atoms with E-state index in [1.54, 1.807) is 25.3 Å². The summed E-state index contributed by atoms with van der Waals surface area (Å²) in [6, 6.07) is 6.73. The number of carbonyl (C=O) groups is 2. The van der Waals surface area contributed by atoms with Crippen molar-refractivity contribution >= 4 is 34.8 Å². The molecule has 1 aliphatic rings. The largest absolute Gasteiger partial charge is 0.493 e. The molecule has 0 aromatic heterocycles. The van der Waals surface area contributed by atoms with Crippen molar-refractivity contribution in [3.05, 3.63) is 34.9 Å². The van der Waals surface area contributed by atoms with E-state index < -0.39 is 0 Å². The van der Waals surface area contributed by atoms with Gasteiger partial charge >= 0.3 is 0 Å². The third-order valence-electron chi connectivity index (χ3n) is 4.38. The van der Waals surface area contributed by atoms with Crippen LogP contribution in [-0.2, 0) is 16.0 Å². The topological polar surface area (TPSA) is 95.1 Å². The van der Waals surface area contributed by atoms with Crippen LogP contribution in [0.3, 0.4) is 0 Å². The molecule has 2 aromatic carbocycles. The van der Waals surface area contributed by atoms with Gasteiger partial charge in [-0.2, -0.15) is 0 Å². The molecule has 0 aliphatic carbocycles. The zero-order valence-corrected chi connectivity index (χ0v) is 17.0. The second-order valence-electron chi connectivity index (χ2n) is 6.21. The van der Waals surface area contributed by atoms with Gasteiger partial charge in [-0.15, -0.1) is 0 Å². The van der Waals surface area contributed by atoms with Crippen LogP contribution in [0.4, 0.5) is 11.4 Å². The van der Waals surface area contributed by atoms with Crippen molar-refractivity contribution in [3.63, 3.8) is 0 Å². The van der Waals surface area contributed by atoms with Gasteiger partial charge in [0.1, 0.15) is 5.75 Å². The second-order valence-corrected chi connectivity index (χ2v) is 6.61. The Kier molecular flexibility index (Phi) is 6.33. The van der Waals surface area contributed by atoms with E-state index in [-0.39, 0.29) is 24.8 Å². The molecule has 2 N–H and O–H groups in total. The molecular formula is C20H21ClN2O6. The number of nitrogens with one attached hydrogen (secondary N) is 2. The third-order valence-corrected chi connectivity index (χ3v) is 4.70. The van der Waals surface area contributed by atoms with Crippen LogP contribution in [-0.4, -0.2) is 39.8 Å². The number of aryl methyl sites for hydroxylation is 1. The molecule has 0 unspecified atom stereocenters. The smallest absolute Gasteiger partial charge is 0.262 e. The summed E-state index contributed by atoms with van der Waals surface area (Å²) < 4.78 is 21.4. The van der Waals surface area contributed by atoms with E-state index in [9.17, 15) is 9.59 Å². The molecule has 9 heteroatoms. The summed E-state index contributed by atoms with van der Waals surface area (Å²) in [5, 5.41) is 5.73. The van der Waals surface area contributed by atoms with Crippen LogP contribution in [0.1, 0.15) is 12.0 Å². The Labute approximate surface area is 173 Å². The molecule has 1 aliphatic heterocycles. The molecule has 2 amide bonds. The van der Waals surface area contributed by atoms with E-state index in [2.05, 4.69) is 10.6 Å². The van der Waals surface area contributed by atoms with E-state index in [0.717, 1.165) is 5.56 Å². The molecule has 0 saturated heterocycles. The number of rotatable bonds is 7. The van der Waals surface area contributed by atoms with Crippen LogP contribution in [0.5, 0.6) is 23.0 Å². The van der Waals surface area contributed by atoms with Crippen molar-refractivity contribution in [1.82, 2.24) is 0 Å². The van der Waals surface area contributed by atoms with Crippen LogP contribution in [0, 0.1) is 0 Å². The van der Waals surface area contributed by atoms with E-state index in [1.807, 2.05) is 6.07 Å². The molecular weight excluding hydrogens is 400 g/mol. The highest BCUT2D eigenvalue weighted by Gasteiger charge is 2.20. The van der Waals surface area contributed by atoms with Gasteiger partial charge in [0.2, 0.25) is 11.7 Å². The number of methoxy groups -OCH3 is 3. The minimum Gasteiger partial charge on any atom is -0.493 e. The lowest BCUT2D eigenvalue weighted by atomic mass is 10.1. The number of hydrogen-bond acceptors (Lipinski definition) is 6. The maximum absolute atomic E-state index is 12.5. The normalized spacial score (nSPS) is 12.3. The fraction of sp³-hybridized carbons (Fsp3) is 0.300. The second kappa shape index (κ2) is 8.91. The molecule has 2 aromatic rings. The zero-order valence-electron chi connectivity index (χ0n) is 16.3. The Morgan fingerprint density at radius 3 is 2.62 bits per heavy atom. The van der Waals surface area contributed by atoms with Gasteiger partial charge in [-0.05, 0) is 24.1 Å². The van der Waals surface area contributed by atoms with E-state index in [1.165, 1.54) is 14.2 Å². The third kappa shape index (κ3) is 4.48. The minimum absolute atomic E-state index is 0.0822. The van der Waals surface area contributed by atoms with Gasteiger partial charge in [-0.1, -0.05) is 17.7 Å². The van der Waals surface area contributed by atoms with Gasteiger partial charge < -0.3 is 29.6 Å². The molecule has 0 fully saturated rings. The van der Waals surface area contributed by atoms with Crippen LogP contribution in [0.25, 0.3) is 0 Å². The Morgan fingerprint density at radius 2 is 1.93 bits per heavy atom. The van der Waals surface area contributed by atoms with Crippen molar-refractivity contribution in [3.8, 4) is 23.0 Å². The minimum atomic E-state index is -0.255. The van der Waals surface area contributed by atoms with Gasteiger partial charge in [0.05, 0.1) is 37.7 Å². The van der Waals surface area contributed by atoms with E-state index in [4.69, 9.17) is 30.5 Å². The summed E-state index contributed by atoms with van der Waals surface area (Å²) in [7, 11) is 4.61. The van der Waals surface area contributed by atoms with Crippen molar-refractivity contribution in [1.29, 1.82) is 0 Å². The number of fused-ring (bicyclic) bond motifs is 1.